The fourth-order valence-electron chi connectivity index (χ4n) is 2.09. The van der Waals surface area contributed by atoms with Crippen molar-refractivity contribution in [3.05, 3.63) is 0 Å². The molecule has 0 aromatic heterocycles. The molecule has 3 heteroatoms. The van der Waals surface area contributed by atoms with Crippen LogP contribution in [0.1, 0.15) is 27.2 Å². The molecule has 0 amide bonds. The normalized spacial score (nSPS) is 31.3. The molecule has 1 nitrogen and oxygen atoms in total. The maximum Gasteiger partial charge on any atom is 0.145 e. The predicted molar refractivity (Wildman–Crippen MR) is 54.9 cm³/mol. The summed E-state index contributed by atoms with van der Waals surface area (Å²) in [6, 6.07) is 0. The summed E-state index contributed by atoms with van der Waals surface area (Å²) in [6.07, 6.45) is -1.44. The third kappa shape index (κ3) is 2.91. The van der Waals surface area contributed by atoms with E-state index in [0.29, 0.717) is 11.8 Å². The van der Waals surface area contributed by atoms with Crippen LogP contribution in [-0.2, 0) is 0 Å². The van der Waals surface area contributed by atoms with Gasteiger partial charge in [0.15, 0.2) is 0 Å². The quantitative estimate of drug-likeness (QED) is 0.682. The monoisotopic (exact) mass is 205 g/mol. The number of nitrogens with zero attached hydrogens (tertiary/aromatic N) is 1. The molecule has 1 aliphatic rings. The number of hydrogen-bond donors (Lipinski definition) is 0. The van der Waals surface area contributed by atoms with Crippen LogP contribution in [0.3, 0.4) is 0 Å². The van der Waals surface area contributed by atoms with Crippen LogP contribution in [0.15, 0.2) is 0 Å². The molecular weight excluding hydrogens is 184 g/mol. The Morgan fingerprint density at radius 1 is 1.21 bits per heavy atom. The van der Waals surface area contributed by atoms with Crippen LogP contribution in [0, 0.1) is 11.8 Å². The molecule has 1 fully saturated rings. The maximum absolute atomic E-state index is 12.9. The van der Waals surface area contributed by atoms with Crippen molar-refractivity contribution in [2.45, 2.75) is 39.5 Å². The van der Waals surface area contributed by atoms with Gasteiger partial charge in [-0.3, -0.25) is 4.90 Å². The summed E-state index contributed by atoms with van der Waals surface area (Å²) in [5.41, 5.74) is 0. The van der Waals surface area contributed by atoms with Crippen molar-refractivity contribution >= 4 is 0 Å². The molecule has 1 saturated heterocycles. The highest BCUT2D eigenvalue weighted by Gasteiger charge is 2.33. The van der Waals surface area contributed by atoms with E-state index in [1.165, 1.54) is 0 Å². The van der Waals surface area contributed by atoms with Crippen molar-refractivity contribution < 1.29 is 8.78 Å². The lowest BCUT2D eigenvalue weighted by atomic mass is 9.93. The topological polar surface area (TPSA) is 3.24 Å². The van der Waals surface area contributed by atoms with Crippen molar-refractivity contribution in [3.63, 3.8) is 0 Å². The van der Waals surface area contributed by atoms with Crippen LogP contribution in [0.25, 0.3) is 0 Å². The molecule has 0 spiro atoms. The van der Waals surface area contributed by atoms with Gasteiger partial charge in [0.25, 0.3) is 0 Å². The largest absolute Gasteiger partial charge is 0.297 e. The average molecular weight is 205 g/mol. The van der Waals surface area contributed by atoms with E-state index in [0.717, 1.165) is 13.0 Å². The molecule has 0 saturated carbocycles. The minimum absolute atomic E-state index is 0.282. The summed E-state index contributed by atoms with van der Waals surface area (Å²) in [6.45, 7) is 7.89. The van der Waals surface area contributed by atoms with Gasteiger partial charge in [-0.15, -0.1) is 0 Å². The summed E-state index contributed by atoms with van der Waals surface area (Å²) in [7, 11) is 0. The van der Waals surface area contributed by atoms with Crippen molar-refractivity contribution in [1.82, 2.24) is 4.90 Å². The van der Waals surface area contributed by atoms with Crippen LogP contribution < -0.4 is 0 Å². The highest BCUT2D eigenvalue weighted by atomic mass is 19.2. The standard InChI is InChI=1S/C11H21F2N/c1-4-9(8(2)3)5-14-6-10(12)11(13)7-14/h8-11H,4-7H2,1-3H3. The van der Waals surface area contributed by atoms with Crippen LogP contribution in [0.5, 0.6) is 0 Å². The zero-order valence-electron chi connectivity index (χ0n) is 9.34. The summed E-state index contributed by atoms with van der Waals surface area (Å²) >= 11 is 0. The van der Waals surface area contributed by atoms with Crippen LogP contribution >= 0.6 is 0 Å². The van der Waals surface area contributed by atoms with E-state index in [1.54, 1.807) is 0 Å². The van der Waals surface area contributed by atoms with Crippen LogP contribution in [0.2, 0.25) is 0 Å². The average Bonchev–Trinajstić information content (AvgIpc) is 2.41. The van der Waals surface area contributed by atoms with Gasteiger partial charge in [-0.1, -0.05) is 27.2 Å². The summed E-state index contributed by atoms with van der Waals surface area (Å²) in [5, 5.41) is 0. The Morgan fingerprint density at radius 3 is 2.07 bits per heavy atom. The number of likely N-dealkylation sites (tertiary alicyclic amines) is 1. The third-order valence-corrected chi connectivity index (χ3v) is 3.22. The first-order valence-electron chi connectivity index (χ1n) is 5.55. The molecule has 0 aromatic carbocycles. The second-order valence-electron chi connectivity index (χ2n) is 4.66. The summed E-state index contributed by atoms with van der Waals surface area (Å²) < 4.78 is 25.8. The van der Waals surface area contributed by atoms with Gasteiger partial charge < -0.3 is 0 Å². The van der Waals surface area contributed by atoms with Gasteiger partial charge in [0.05, 0.1) is 0 Å². The van der Waals surface area contributed by atoms with Gasteiger partial charge in [-0.25, -0.2) is 8.78 Å². The van der Waals surface area contributed by atoms with E-state index >= 15 is 0 Å². The smallest absolute Gasteiger partial charge is 0.145 e. The zero-order valence-corrected chi connectivity index (χ0v) is 9.34. The van der Waals surface area contributed by atoms with Crippen molar-refractivity contribution in [2.24, 2.45) is 11.8 Å². The van der Waals surface area contributed by atoms with Gasteiger partial charge >= 0.3 is 0 Å². The SMILES string of the molecule is CCC(CN1CC(F)C(F)C1)C(C)C. The summed E-state index contributed by atoms with van der Waals surface area (Å²) in [4.78, 5) is 1.92. The predicted octanol–water partition coefficient (Wildman–Crippen LogP) is 2.66. The highest BCUT2D eigenvalue weighted by molar-refractivity contribution is 4.85. The molecule has 0 aliphatic carbocycles. The van der Waals surface area contributed by atoms with Crippen LogP contribution in [0.4, 0.5) is 8.78 Å². The van der Waals surface area contributed by atoms with Gasteiger partial charge in [0, 0.05) is 19.6 Å². The third-order valence-electron chi connectivity index (χ3n) is 3.22. The van der Waals surface area contributed by atoms with E-state index in [4.69, 9.17) is 0 Å². The van der Waals surface area contributed by atoms with Gasteiger partial charge in [0.1, 0.15) is 12.3 Å². The van der Waals surface area contributed by atoms with Gasteiger partial charge in [-0.05, 0) is 11.8 Å². The molecule has 0 N–H and O–H groups in total. The highest BCUT2D eigenvalue weighted by Crippen LogP contribution is 2.22. The van der Waals surface area contributed by atoms with Gasteiger partial charge in [-0.2, -0.15) is 0 Å². The van der Waals surface area contributed by atoms with Crippen LogP contribution in [-0.4, -0.2) is 36.9 Å². The Kier molecular flexibility index (Phi) is 4.30. The molecule has 84 valence electrons. The van der Waals surface area contributed by atoms with Crippen molar-refractivity contribution in [1.29, 1.82) is 0 Å². The van der Waals surface area contributed by atoms with Crippen molar-refractivity contribution in [3.8, 4) is 0 Å². The van der Waals surface area contributed by atoms with E-state index in [2.05, 4.69) is 20.8 Å². The first-order chi connectivity index (χ1) is 6.54. The van der Waals surface area contributed by atoms with E-state index in [9.17, 15) is 8.78 Å². The summed E-state index contributed by atoms with van der Waals surface area (Å²) in [5.74, 6) is 1.16. The maximum atomic E-state index is 12.9. The zero-order chi connectivity index (χ0) is 10.7. The van der Waals surface area contributed by atoms with E-state index in [1.807, 2.05) is 4.90 Å². The first kappa shape index (κ1) is 11.9. The minimum atomic E-state index is -1.26. The lowest BCUT2D eigenvalue weighted by Crippen LogP contribution is -2.30. The molecule has 0 aromatic rings. The molecule has 1 rings (SSSR count). The Morgan fingerprint density at radius 2 is 1.71 bits per heavy atom. The second-order valence-corrected chi connectivity index (χ2v) is 4.66. The van der Waals surface area contributed by atoms with Gasteiger partial charge in [0.2, 0.25) is 0 Å². The number of alkyl halides is 2. The Balaban J connectivity index is 2.37. The lowest BCUT2D eigenvalue weighted by molar-refractivity contribution is 0.216. The molecule has 14 heavy (non-hydrogen) atoms. The lowest BCUT2D eigenvalue weighted by Gasteiger charge is -2.24. The fourth-order valence-corrected chi connectivity index (χ4v) is 2.09. The fraction of sp³-hybridized carbons (Fsp3) is 1.00. The molecular formula is C11H21F2N. The minimum Gasteiger partial charge on any atom is -0.297 e. The number of halogens is 2. The van der Waals surface area contributed by atoms with E-state index < -0.39 is 12.3 Å². The number of rotatable bonds is 4. The number of hydrogen-bond acceptors (Lipinski definition) is 1. The Hall–Kier alpha value is -0.180. The van der Waals surface area contributed by atoms with Crippen molar-refractivity contribution in [2.75, 3.05) is 19.6 Å². The molecule has 1 heterocycles. The first-order valence-corrected chi connectivity index (χ1v) is 5.55. The van der Waals surface area contributed by atoms with E-state index in [-0.39, 0.29) is 13.1 Å². The Labute approximate surface area is 85.5 Å². The second kappa shape index (κ2) is 5.06. The Bertz CT molecular complexity index is 163. The molecule has 0 bridgehead atoms. The molecule has 3 atom stereocenters. The molecule has 3 unspecified atom stereocenters. The molecule has 0 radical (unpaired) electrons. The molecule has 1 aliphatic heterocycles.